The monoisotopic (exact) mass is 276 g/mol. The van der Waals surface area contributed by atoms with Crippen molar-refractivity contribution in [3.8, 4) is 0 Å². The molecule has 0 spiro atoms. The molecule has 2 N–H and O–H groups in total. The summed E-state index contributed by atoms with van der Waals surface area (Å²) in [7, 11) is 0. The van der Waals surface area contributed by atoms with E-state index >= 15 is 0 Å². The second-order valence-electron chi connectivity index (χ2n) is 4.39. The number of hydrogen-bond acceptors (Lipinski definition) is 4. The Morgan fingerprint density at radius 1 is 1.58 bits per heavy atom. The molecular formula is C14H16N2O2S. The molecule has 19 heavy (non-hydrogen) atoms. The van der Waals surface area contributed by atoms with Crippen molar-refractivity contribution in [1.82, 2.24) is 10.3 Å². The normalized spacial score (nSPS) is 12.3. The summed E-state index contributed by atoms with van der Waals surface area (Å²) < 4.78 is 0. The summed E-state index contributed by atoms with van der Waals surface area (Å²) in [5.74, 6) is -0.861. The van der Waals surface area contributed by atoms with Crippen molar-refractivity contribution in [3.05, 3.63) is 51.5 Å². The summed E-state index contributed by atoms with van der Waals surface area (Å²) >= 11 is 1.32. The van der Waals surface area contributed by atoms with E-state index in [1.807, 2.05) is 25.3 Å². The quantitative estimate of drug-likeness (QED) is 0.881. The second-order valence-corrected chi connectivity index (χ2v) is 5.64. The standard InChI is InChI=1S/C14H16N2O2S/c1-9(11-4-3-5-15-7-11)16-8-12-6-13(14(17)18)19-10(12)2/h3-7,9,16H,8H2,1-2H3,(H,17,18)/t9-/m1/s1. The van der Waals surface area contributed by atoms with Crippen LogP contribution in [0.5, 0.6) is 0 Å². The van der Waals surface area contributed by atoms with Crippen LogP contribution in [-0.4, -0.2) is 16.1 Å². The van der Waals surface area contributed by atoms with E-state index in [9.17, 15) is 4.79 Å². The molecule has 0 amide bonds. The molecule has 2 rings (SSSR count). The van der Waals surface area contributed by atoms with Gasteiger partial charge < -0.3 is 10.4 Å². The van der Waals surface area contributed by atoms with Crippen LogP contribution in [0.25, 0.3) is 0 Å². The summed E-state index contributed by atoms with van der Waals surface area (Å²) in [6.45, 7) is 4.67. The predicted octanol–water partition coefficient (Wildman–Crippen LogP) is 3.00. The number of nitrogens with one attached hydrogen (secondary N) is 1. The smallest absolute Gasteiger partial charge is 0.345 e. The van der Waals surface area contributed by atoms with Gasteiger partial charge in [0.2, 0.25) is 0 Å². The molecule has 2 aromatic heterocycles. The molecule has 0 bridgehead atoms. The van der Waals surface area contributed by atoms with Crippen LogP contribution in [0, 0.1) is 6.92 Å². The number of hydrogen-bond donors (Lipinski definition) is 2. The Balaban J connectivity index is 2.01. The molecule has 0 aromatic carbocycles. The molecule has 0 fully saturated rings. The molecule has 0 aliphatic rings. The minimum atomic E-state index is -0.861. The van der Waals surface area contributed by atoms with E-state index in [1.54, 1.807) is 12.3 Å². The lowest BCUT2D eigenvalue weighted by Gasteiger charge is -2.13. The van der Waals surface area contributed by atoms with Crippen molar-refractivity contribution >= 4 is 17.3 Å². The highest BCUT2D eigenvalue weighted by atomic mass is 32.1. The Bertz CT molecular complexity index is 566. The maximum absolute atomic E-state index is 10.9. The number of aryl methyl sites for hydroxylation is 1. The first-order chi connectivity index (χ1) is 9.08. The van der Waals surface area contributed by atoms with E-state index in [-0.39, 0.29) is 6.04 Å². The molecule has 2 aromatic rings. The van der Waals surface area contributed by atoms with E-state index in [0.717, 1.165) is 16.0 Å². The number of carboxylic acid groups (broad SMARTS) is 1. The molecule has 0 aliphatic heterocycles. The molecule has 5 heteroatoms. The van der Waals surface area contributed by atoms with Gasteiger partial charge in [-0.1, -0.05) is 6.07 Å². The van der Waals surface area contributed by atoms with Crippen molar-refractivity contribution in [2.24, 2.45) is 0 Å². The molecule has 4 nitrogen and oxygen atoms in total. The summed E-state index contributed by atoms with van der Waals surface area (Å²) in [6, 6.07) is 5.85. The van der Waals surface area contributed by atoms with Crippen LogP contribution in [0.3, 0.4) is 0 Å². The van der Waals surface area contributed by atoms with Crippen LogP contribution in [0.4, 0.5) is 0 Å². The number of pyridine rings is 1. The van der Waals surface area contributed by atoms with E-state index in [0.29, 0.717) is 11.4 Å². The van der Waals surface area contributed by atoms with Gasteiger partial charge in [-0.3, -0.25) is 4.98 Å². The SMILES string of the molecule is Cc1sc(C(=O)O)cc1CN[C@H](C)c1cccnc1. The average molecular weight is 276 g/mol. The zero-order valence-corrected chi connectivity index (χ0v) is 11.7. The van der Waals surface area contributed by atoms with E-state index in [4.69, 9.17) is 5.11 Å². The number of rotatable bonds is 5. The Labute approximate surface area is 116 Å². The Hall–Kier alpha value is -1.72. The van der Waals surface area contributed by atoms with Crippen LogP contribution < -0.4 is 5.32 Å². The molecule has 0 unspecified atom stereocenters. The predicted molar refractivity (Wildman–Crippen MR) is 75.5 cm³/mol. The number of carboxylic acids is 1. The van der Waals surface area contributed by atoms with Crippen LogP contribution in [0.2, 0.25) is 0 Å². The Morgan fingerprint density at radius 2 is 2.37 bits per heavy atom. The first kappa shape index (κ1) is 13.7. The lowest BCUT2D eigenvalue weighted by atomic mass is 10.1. The molecule has 100 valence electrons. The maximum atomic E-state index is 10.9. The fourth-order valence-corrected chi connectivity index (χ4v) is 2.69. The zero-order chi connectivity index (χ0) is 13.8. The number of aromatic nitrogens is 1. The van der Waals surface area contributed by atoms with Crippen molar-refractivity contribution in [1.29, 1.82) is 0 Å². The largest absolute Gasteiger partial charge is 0.477 e. The van der Waals surface area contributed by atoms with Crippen LogP contribution >= 0.6 is 11.3 Å². The van der Waals surface area contributed by atoms with E-state index in [2.05, 4.69) is 17.2 Å². The highest BCUT2D eigenvalue weighted by Gasteiger charge is 2.12. The lowest BCUT2D eigenvalue weighted by molar-refractivity contribution is 0.0702. The third-order valence-corrected chi connectivity index (χ3v) is 4.10. The Morgan fingerprint density at radius 3 is 2.95 bits per heavy atom. The third kappa shape index (κ3) is 3.39. The summed E-state index contributed by atoms with van der Waals surface area (Å²) in [4.78, 5) is 16.4. The van der Waals surface area contributed by atoms with Gasteiger partial charge >= 0.3 is 5.97 Å². The summed E-state index contributed by atoms with van der Waals surface area (Å²) in [5, 5.41) is 12.3. The second kappa shape index (κ2) is 5.95. The molecule has 0 saturated heterocycles. The van der Waals surface area contributed by atoms with Gasteiger partial charge in [0, 0.05) is 29.9 Å². The van der Waals surface area contributed by atoms with Gasteiger partial charge in [-0.15, -0.1) is 11.3 Å². The van der Waals surface area contributed by atoms with Crippen LogP contribution in [-0.2, 0) is 6.54 Å². The van der Waals surface area contributed by atoms with Crippen LogP contribution in [0.15, 0.2) is 30.6 Å². The minimum Gasteiger partial charge on any atom is -0.477 e. The first-order valence-corrected chi connectivity index (χ1v) is 6.85. The fraction of sp³-hybridized carbons (Fsp3) is 0.286. The lowest BCUT2D eigenvalue weighted by Crippen LogP contribution is -2.18. The highest BCUT2D eigenvalue weighted by molar-refractivity contribution is 7.14. The Kier molecular flexibility index (Phi) is 4.29. The van der Waals surface area contributed by atoms with Crippen molar-refractivity contribution < 1.29 is 9.90 Å². The molecule has 0 aliphatic carbocycles. The fourth-order valence-electron chi connectivity index (χ4n) is 1.81. The maximum Gasteiger partial charge on any atom is 0.345 e. The topological polar surface area (TPSA) is 62.2 Å². The summed E-state index contributed by atoms with van der Waals surface area (Å²) in [6.07, 6.45) is 3.58. The molecule has 2 heterocycles. The molecule has 1 atom stereocenters. The van der Waals surface area contributed by atoms with Crippen molar-refractivity contribution in [3.63, 3.8) is 0 Å². The van der Waals surface area contributed by atoms with E-state index in [1.165, 1.54) is 11.3 Å². The van der Waals surface area contributed by atoms with Crippen molar-refractivity contribution in [2.45, 2.75) is 26.4 Å². The third-order valence-electron chi connectivity index (χ3n) is 3.01. The molecule has 0 saturated carbocycles. The number of aromatic carboxylic acids is 1. The number of carbonyl (C=O) groups is 1. The van der Waals surface area contributed by atoms with E-state index < -0.39 is 5.97 Å². The van der Waals surface area contributed by atoms with Gasteiger partial charge in [-0.25, -0.2) is 4.79 Å². The average Bonchev–Trinajstić information content (AvgIpc) is 2.79. The number of nitrogens with zero attached hydrogens (tertiary/aromatic N) is 1. The van der Waals surface area contributed by atoms with Crippen LogP contribution in [0.1, 0.15) is 38.6 Å². The minimum absolute atomic E-state index is 0.182. The van der Waals surface area contributed by atoms with Gasteiger partial charge in [-0.05, 0) is 37.1 Å². The number of thiophene rings is 1. The van der Waals surface area contributed by atoms with Gasteiger partial charge in [0.15, 0.2) is 0 Å². The van der Waals surface area contributed by atoms with Gasteiger partial charge in [-0.2, -0.15) is 0 Å². The summed E-state index contributed by atoms with van der Waals surface area (Å²) in [5.41, 5.74) is 2.16. The van der Waals surface area contributed by atoms with Gasteiger partial charge in [0.05, 0.1) is 0 Å². The van der Waals surface area contributed by atoms with Crippen molar-refractivity contribution in [2.75, 3.05) is 0 Å². The zero-order valence-electron chi connectivity index (χ0n) is 10.9. The van der Waals surface area contributed by atoms with Gasteiger partial charge in [0.25, 0.3) is 0 Å². The highest BCUT2D eigenvalue weighted by Crippen LogP contribution is 2.22. The van der Waals surface area contributed by atoms with Gasteiger partial charge in [0.1, 0.15) is 4.88 Å². The molecular weight excluding hydrogens is 260 g/mol. The molecule has 0 radical (unpaired) electrons. The first-order valence-electron chi connectivity index (χ1n) is 6.04.